The molecule has 1 aliphatic rings. The molecule has 0 aromatic heterocycles. The molecule has 0 unspecified atom stereocenters. The molecule has 1 aliphatic carbocycles. The number of fused-ring (bicyclic) bond motifs is 1. The predicted octanol–water partition coefficient (Wildman–Crippen LogP) is 3.91. The van der Waals surface area contributed by atoms with Gasteiger partial charge >= 0.3 is 0 Å². The predicted molar refractivity (Wildman–Crippen MR) is 83.6 cm³/mol. The monoisotopic (exact) mass is 257 g/mol. The molecule has 0 bridgehead atoms. The van der Waals surface area contributed by atoms with E-state index in [1.807, 2.05) is 0 Å². The first-order valence-electron chi connectivity index (χ1n) is 7.72. The van der Waals surface area contributed by atoms with Gasteiger partial charge in [-0.05, 0) is 67.8 Å². The van der Waals surface area contributed by atoms with Crippen LogP contribution >= 0.6 is 0 Å². The zero-order valence-corrected chi connectivity index (χ0v) is 12.4. The van der Waals surface area contributed by atoms with Crippen LogP contribution in [-0.4, -0.2) is 13.1 Å². The zero-order valence-electron chi connectivity index (χ0n) is 12.4. The summed E-state index contributed by atoms with van der Waals surface area (Å²) in [6.07, 6.45) is 10.7. The molecule has 0 fully saturated rings. The zero-order chi connectivity index (χ0) is 13.5. The van der Waals surface area contributed by atoms with Gasteiger partial charge in [-0.25, -0.2) is 0 Å². The van der Waals surface area contributed by atoms with Crippen molar-refractivity contribution in [2.24, 2.45) is 5.92 Å². The Balaban J connectivity index is 1.67. The second kappa shape index (κ2) is 7.49. The summed E-state index contributed by atoms with van der Waals surface area (Å²) in [5.41, 5.74) is 4.63. The van der Waals surface area contributed by atoms with Gasteiger partial charge in [-0.3, -0.25) is 0 Å². The number of hydrogen-bond donors (Lipinski definition) is 1. The second-order valence-electron chi connectivity index (χ2n) is 6.02. The molecule has 1 N–H and O–H groups in total. The standard InChI is InChI=1S/C18H27N/c1-15(2)14-19-12-5-3-4-7-16-10-11-17-8-6-9-18(17)13-16/h3-4,10-11,13,15,19H,5-9,12,14H2,1-2H3. The van der Waals surface area contributed by atoms with Crippen molar-refractivity contribution in [3.8, 4) is 0 Å². The Kier molecular flexibility index (Phi) is 5.65. The topological polar surface area (TPSA) is 12.0 Å². The van der Waals surface area contributed by atoms with Crippen molar-refractivity contribution in [2.75, 3.05) is 13.1 Å². The highest BCUT2D eigenvalue weighted by Gasteiger charge is 2.09. The van der Waals surface area contributed by atoms with E-state index < -0.39 is 0 Å². The molecule has 1 aromatic rings. The van der Waals surface area contributed by atoms with E-state index in [9.17, 15) is 0 Å². The summed E-state index contributed by atoms with van der Waals surface area (Å²) in [5, 5.41) is 3.47. The van der Waals surface area contributed by atoms with Crippen molar-refractivity contribution >= 4 is 0 Å². The van der Waals surface area contributed by atoms with E-state index in [1.165, 1.54) is 24.8 Å². The molecule has 19 heavy (non-hydrogen) atoms. The van der Waals surface area contributed by atoms with E-state index in [2.05, 4.69) is 49.5 Å². The molecule has 1 nitrogen and oxygen atoms in total. The molecule has 104 valence electrons. The minimum Gasteiger partial charge on any atom is -0.316 e. The smallest absolute Gasteiger partial charge is 0.00142 e. The lowest BCUT2D eigenvalue weighted by Gasteiger charge is -2.05. The third kappa shape index (κ3) is 4.83. The number of hydrogen-bond acceptors (Lipinski definition) is 1. The Labute approximate surface area is 118 Å². The molecule has 0 amide bonds. The Morgan fingerprint density at radius 3 is 2.84 bits per heavy atom. The minimum absolute atomic E-state index is 0.746. The maximum atomic E-state index is 3.47. The van der Waals surface area contributed by atoms with Crippen LogP contribution in [0.4, 0.5) is 0 Å². The first kappa shape index (κ1) is 14.3. The second-order valence-corrected chi connectivity index (χ2v) is 6.02. The lowest BCUT2D eigenvalue weighted by atomic mass is 10.0. The fourth-order valence-corrected chi connectivity index (χ4v) is 2.67. The largest absolute Gasteiger partial charge is 0.316 e. The molecule has 0 radical (unpaired) electrons. The molecule has 0 atom stereocenters. The van der Waals surface area contributed by atoms with E-state index in [4.69, 9.17) is 0 Å². The Bertz CT molecular complexity index is 418. The highest BCUT2D eigenvalue weighted by molar-refractivity contribution is 5.35. The SMILES string of the molecule is CC(C)CNCCC=CCc1ccc2c(c1)CCC2. The third-order valence-electron chi connectivity index (χ3n) is 3.72. The number of benzene rings is 1. The van der Waals surface area contributed by atoms with Crippen LogP contribution in [0.2, 0.25) is 0 Å². The quantitative estimate of drug-likeness (QED) is 0.577. The van der Waals surface area contributed by atoms with Gasteiger partial charge in [0, 0.05) is 0 Å². The number of rotatable bonds is 7. The van der Waals surface area contributed by atoms with Crippen molar-refractivity contribution in [2.45, 2.75) is 46.0 Å². The average molecular weight is 257 g/mol. The van der Waals surface area contributed by atoms with E-state index in [1.54, 1.807) is 11.1 Å². The van der Waals surface area contributed by atoms with Crippen LogP contribution in [0.5, 0.6) is 0 Å². The molecular weight excluding hydrogens is 230 g/mol. The average Bonchev–Trinajstić information content (AvgIpc) is 2.84. The fraction of sp³-hybridized carbons (Fsp3) is 0.556. The van der Waals surface area contributed by atoms with Crippen LogP contribution in [0.3, 0.4) is 0 Å². The molecule has 0 saturated heterocycles. The molecule has 0 saturated carbocycles. The van der Waals surface area contributed by atoms with Gasteiger partial charge in [-0.1, -0.05) is 44.2 Å². The number of nitrogens with one attached hydrogen (secondary N) is 1. The van der Waals surface area contributed by atoms with Crippen LogP contribution in [-0.2, 0) is 19.3 Å². The Morgan fingerprint density at radius 2 is 2.00 bits per heavy atom. The summed E-state index contributed by atoms with van der Waals surface area (Å²) in [7, 11) is 0. The summed E-state index contributed by atoms with van der Waals surface area (Å²) < 4.78 is 0. The van der Waals surface area contributed by atoms with Crippen molar-refractivity contribution in [1.82, 2.24) is 5.32 Å². The first-order chi connectivity index (χ1) is 9.25. The summed E-state index contributed by atoms with van der Waals surface area (Å²) in [6.45, 7) is 6.71. The molecule has 0 spiro atoms. The highest BCUT2D eigenvalue weighted by Crippen LogP contribution is 2.23. The summed E-state index contributed by atoms with van der Waals surface area (Å²) >= 11 is 0. The maximum absolute atomic E-state index is 3.47. The van der Waals surface area contributed by atoms with Crippen molar-refractivity contribution in [3.63, 3.8) is 0 Å². The van der Waals surface area contributed by atoms with Gasteiger partial charge in [-0.15, -0.1) is 0 Å². The molecule has 1 aromatic carbocycles. The van der Waals surface area contributed by atoms with E-state index >= 15 is 0 Å². The Hall–Kier alpha value is -1.08. The molecular formula is C18H27N. The van der Waals surface area contributed by atoms with Crippen molar-refractivity contribution in [3.05, 3.63) is 47.0 Å². The van der Waals surface area contributed by atoms with Gasteiger partial charge in [0.15, 0.2) is 0 Å². The lowest BCUT2D eigenvalue weighted by Crippen LogP contribution is -2.20. The van der Waals surface area contributed by atoms with Gasteiger partial charge in [-0.2, -0.15) is 0 Å². The summed E-state index contributed by atoms with van der Waals surface area (Å²) in [5.74, 6) is 0.746. The summed E-state index contributed by atoms with van der Waals surface area (Å²) in [4.78, 5) is 0. The van der Waals surface area contributed by atoms with Gasteiger partial charge < -0.3 is 5.32 Å². The van der Waals surface area contributed by atoms with E-state index in [0.29, 0.717) is 0 Å². The van der Waals surface area contributed by atoms with Crippen LogP contribution in [0.15, 0.2) is 30.4 Å². The van der Waals surface area contributed by atoms with Gasteiger partial charge in [0.1, 0.15) is 0 Å². The van der Waals surface area contributed by atoms with Crippen LogP contribution < -0.4 is 5.32 Å². The number of aryl methyl sites for hydroxylation is 2. The molecule has 0 heterocycles. The van der Waals surface area contributed by atoms with E-state index in [-0.39, 0.29) is 0 Å². The van der Waals surface area contributed by atoms with Crippen molar-refractivity contribution < 1.29 is 0 Å². The maximum Gasteiger partial charge on any atom is -0.00142 e. The Morgan fingerprint density at radius 1 is 1.16 bits per heavy atom. The lowest BCUT2D eigenvalue weighted by molar-refractivity contribution is 0.556. The van der Waals surface area contributed by atoms with Crippen LogP contribution in [0.25, 0.3) is 0 Å². The first-order valence-corrected chi connectivity index (χ1v) is 7.72. The number of allylic oxidation sites excluding steroid dienone is 1. The molecule has 0 aliphatic heterocycles. The van der Waals surface area contributed by atoms with Gasteiger partial charge in [0.05, 0.1) is 0 Å². The molecule has 1 heteroatoms. The fourth-order valence-electron chi connectivity index (χ4n) is 2.67. The highest BCUT2D eigenvalue weighted by atomic mass is 14.8. The third-order valence-corrected chi connectivity index (χ3v) is 3.72. The van der Waals surface area contributed by atoms with Crippen LogP contribution in [0, 0.1) is 5.92 Å². The molecule has 2 rings (SSSR count). The normalized spacial score (nSPS) is 14.5. The van der Waals surface area contributed by atoms with Gasteiger partial charge in [0.25, 0.3) is 0 Å². The van der Waals surface area contributed by atoms with Crippen molar-refractivity contribution in [1.29, 1.82) is 0 Å². The summed E-state index contributed by atoms with van der Waals surface area (Å²) in [6, 6.07) is 7.03. The minimum atomic E-state index is 0.746. The van der Waals surface area contributed by atoms with Crippen LogP contribution in [0.1, 0.15) is 43.4 Å². The van der Waals surface area contributed by atoms with Gasteiger partial charge in [0.2, 0.25) is 0 Å². The van der Waals surface area contributed by atoms with E-state index in [0.717, 1.165) is 31.8 Å².